The molecule has 0 spiro atoms. The number of rotatable bonds is 6. The molecular weight excluding hydrogens is 463 g/mol. The first-order chi connectivity index (χ1) is 19.9. The number of hydrogen-bond acceptors (Lipinski definition) is 6. The van der Waals surface area contributed by atoms with Crippen LogP contribution in [0.2, 0.25) is 0 Å². The molecule has 0 radical (unpaired) electrons. The predicted molar refractivity (Wildman–Crippen MR) is 131 cm³/mol. The highest BCUT2D eigenvalue weighted by molar-refractivity contribution is 6.06. The van der Waals surface area contributed by atoms with Gasteiger partial charge >= 0.3 is 0 Å². The Kier molecular flexibility index (Phi) is 4.77. The Morgan fingerprint density at radius 2 is 1.89 bits per heavy atom. The summed E-state index contributed by atoms with van der Waals surface area (Å²) in [7, 11) is 0. The summed E-state index contributed by atoms with van der Waals surface area (Å²) in [5, 5.41) is 4.46. The number of amides is 3. The zero-order valence-corrected chi connectivity index (χ0v) is 19.9. The van der Waals surface area contributed by atoms with Gasteiger partial charge in [-0.3, -0.25) is 24.6 Å². The predicted octanol–water partition coefficient (Wildman–Crippen LogP) is 2.81. The van der Waals surface area contributed by atoms with Crippen molar-refractivity contribution in [3.63, 3.8) is 0 Å². The van der Waals surface area contributed by atoms with Crippen LogP contribution in [-0.2, 0) is 33.8 Å². The number of anilines is 1. The minimum absolute atomic E-state index is 0.186. The van der Waals surface area contributed by atoms with Crippen LogP contribution in [0.25, 0.3) is 0 Å². The minimum Gasteiger partial charge on any atom is -0.381 e. The summed E-state index contributed by atoms with van der Waals surface area (Å²) in [5.41, 5.74) is -1.76. The normalized spacial score (nSPS) is 31.7. The number of carbonyl (C=O) groups excluding carboxylic acids is 3. The van der Waals surface area contributed by atoms with E-state index in [4.69, 9.17) is 14.3 Å². The van der Waals surface area contributed by atoms with Gasteiger partial charge in [-0.15, -0.1) is 0 Å². The number of benzene rings is 2. The van der Waals surface area contributed by atoms with Crippen molar-refractivity contribution in [1.29, 1.82) is 0 Å². The summed E-state index contributed by atoms with van der Waals surface area (Å²) in [6, 6.07) is 5.15. The van der Waals surface area contributed by atoms with Crippen LogP contribution in [0.1, 0.15) is 63.3 Å². The molecule has 2 fully saturated rings. The largest absolute Gasteiger partial charge is 0.381 e. The van der Waals surface area contributed by atoms with Crippen LogP contribution in [0.5, 0.6) is 0 Å². The van der Waals surface area contributed by atoms with E-state index in [1.165, 1.54) is 35.2 Å². The van der Waals surface area contributed by atoms with E-state index in [2.05, 4.69) is 5.32 Å². The summed E-state index contributed by atoms with van der Waals surface area (Å²) in [5.74, 6) is -3.95. The molecule has 2 N–H and O–H groups in total. The van der Waals surface area contributed by atoms with E-state index in [1.807, 2.05) is 5.32 Å². The Morgan fingerprint density at radius 3 is 2.64 bits per heavy atom. The monoisotopic (exact) mass is 501 g/mol. The summed E-state index contributed by atoms with van der Waals surface area (Å²) < 4.78 is 82.9. The van der Waals surface area contributed by atoms with E-state index in [0.717, 1.165) is 6.07 Å². The highest BCUT2D eigenvalue weighted by Gasteiger charge is 2.39. The molecule has 3 amide bonds. The van der Waals surface area contributed by atoms with E-state index in [0.29, 0.717) is 4.90 Å². The summed E-state index contributed by atoms with van der Waals surface area (Å²) >= 11 is 0. The van der Waals surface area contributed by atoms with Gasteiger partial charge in [0.15, 0.2) is 0 Å². The molecule has 2 saturated heterocycles. The van der Waals surface area contributed by atoms with Gasteiger partial charge in [0.25, 0.3) is 5.91 Å². The third kappa shape index (κ3) is 4.85. The van der Waals surface area contributed by atoms with Gasteiger partial charge in [-0.25, -0.2) is 4.39 Å². The standard InChI is InChI=1S/C27H31FN4O4/c1-16-12-31(13-17(2)36-16)14-19-6-3-5-18(25(19)28)11-29-22-8-4-7-20-21(22)15-32(27(20)35)23-9-10-24(33)30-26(23)34/h3-8,16-17,23,29H,9-15H2,1-2H3,(H,30,33,34)/i11D2,14D2,15D2,23D. The number of hydrogen-bond donors (Lipinski definition) is 2. The maximum Gasteiger partial charge on any atom is 0.255 e. The van der Waals surface area contributed by atoms with Crippen molar-refractivity contribution in [2.45, 2.75) is 64.4 Å². The molecule has 9 heteroatoms. The zero-order valence-electron chi connectivity index (χ0n) is 26.9. The maximum absolute atomic E-state index is 16.0. The van der Waals surface area contributed by atoms with E-state index in [1.54, 1.807) is 13.8 Å². The number of piperidine rings is 1. The minimum atomic E-state index is -2.80. The molecule has 0 bridgehead atoms. The number of nitrogens with one attached hydrogen (secondary N) is 2. The molecule has 0 aromatic heterocycles. The lowest BCUT2D eigenvalue weighted by molar-refractivity contribution is -0.136. The van der Waals surface area contributed by atoms with Gasteiger partial charge in [-0.2, -0.15) is 0 Å². The molecule has 0 aliphatic carbocycles. The molecule has 3 aliphatic rings. The lowest BCUT2D eigenvalue weighted by atomic mass is 10.0. The molecule has 3 heterocycles. The molecule has 8 nitrogen and oxygen atoms in total. The quantitative estimate of drug-likeness (QED) is 0.592. The first-order valence-corrected chi connectivity index (χ1v) is 11.7. The SMILES string of the molecule is [2H]C([2H])(Nc1cccc2c1C([2H])([2H])N(C1([2H])CCC(=O)NC1=O)C2=O)c1cccc(C([2H])([2H])N2CC(C)OC(C)C2)c1F. The van der Waals surface area contributed by atoms with Crippen LogP contribution in [-0.4, -0.2) is 58.8 Å². The summed E-state index contributed by atoms with van der Waals surface area (Å²) in [6.07, 6.45) is -1.34. The number of ether oxygens (including phenoxy) is 1. The summed E-state index contributed by atoms with van der Waals surface area (Å²) in [6.45, 7) is -3.92. The van der Waals surface area contributed by atoms with Crippen LogP contribution in [0.15, 0.2) is 36.4 Å². The van der Waals surface area contributed by atoms with Crippen molar-refractivity contribution in [2.24, 2.45) is 0 Å². The van der Waals surface area contributed by atoms with E-state index in [-0.39, 0.29) is 54.1 Å². The fourth-order valence-corrected chi connectivity index (χ4v) is 4.54. The molecule has 2 aromatic rings. The molecule has 0 saturated carbocycles. The molecule has 3 atom stereocenters. The fraction of sp³-hybridized carbons (Fsp3) is 0.444. The molecule has 2 aromatic carbocycles. The average Bonchev–Trinajstić information content (AvgIpc) is 3.11. The van der Waals surface area contributed by atoms with Crippen molar-refractivity contribution in [3.05, 3.63) is 64.5 Å². The second-order valence-electron chi connectivity index (χ2n) is 9.00. The molecule has 5 rings (SSSR count). The highest BCUT2D eigenvalue weighted by Crippen LogP contribution is 2.32. The van der Waals surface area contributed by atoms with Crippen molar-refractivity contribution in [3.8, 4) is 0 Å². The third-order valence-electron chi connectivity index (χ3n) is 6.12. The van der Waals surface area contributed by atoms with E-state index >= 15 is 4.39 Å². The summed E-state index contributed by atoms with van der Waals surface area (Å²) in [4.78, 5) is 39.6. The number of fused-ring (bicyclic) bond motifs is 1. The van der Waals surface area contributed by atoms with E-state index < -0.39 is 61.0 Å². The van der Waals surface area contributed by atoms with Gasteiger partial charge in [0.05, 0.1) is 19.1 Å². The van der Waals surface area contributed by atoms with Crippen molar-refractivity contribution >= 4 is 23.4 Å². The number of morpholine rings is 1. The Labute approximate surface area is 219 Å². The Balaban J connectivity index is 1.50. The Morgan fingerprint density at radius 1 is 1.17 bits per heavy atom. The van der Waals surface area contributed by atoms with Gasteiger partial charge in [-0.05, 0) is 32.4 Å². The van der Waals surface area contributed by atoms with Gasteiger partial charge in [0.2, 0.25) is 11.8 Å². The molecule has 190 valence electrons. The van der Waals surface area contributed by atoms with Crippen molar-refractivity contribution in [2.75, 3.05) is 18.4 Å². The first-order valence-electron chi connectivity index (χ1n) is 15.2. The Hall–Kier alpha value is -3.30. The average molecular weight is 502 g/mol. The third-order valence-corrected chi connectivity index (χ3v) is 6.12. The Bertz CT molecular complexity index is 1500. The van der Waals surface area contributed by atoms with Gasteiger partial charge in [0, 0.05) is 69.7 Å². The topological polar surface area (TPSA) is 91.0 Å². The van der Waals surface area contributed by atoms with Crippen LogP contribution in [0, 0.1) is 5.82 Å². The van der Waals surface area contributed by atoms with E-state index in [9.17, 15) is 14.4 Å². The van der Waals surface area contributed by atoms with Crippen LogP contribution in [0.4, 0.5) is 10.1 Å². The van der Waals surface area contributed by atoms with Crippen LogP contribution in [0.3, 0.4) is 0 Å². The van der Waals surface area contributed by atoms with Gasteiger partial charge in [0.1, 0.15) is 11.8 Å². The molecule has 36 heavy (non-hydrogen) atoms. The smallest absolute Gasteiger partial charge is 0.255 e. The fourth-order valence-electron chi connectivity index (χ4n) is 4.54. The van der Waals surface area contributed by atoms with Crippen molar-refractivity contribution in [1.82, 2.24) is 15.1 Å². The lowest BCUT2D eigenvalue weighted by Crippen LogP contribution is -2.52. The van der Waals surface area contributed by atoms with Gasteiger partial charge < -0.3 is 15.0 Å². The second kappa shape index (κ2) is 9.99. The highest BCUT2D eigenvalue weighted by atomic mass is 19.1. The second-order valence-corrected chi connectivity index (χ2v) is 9.00. The first kappa shape index (κ1) is 17.2. The van der Waals surface area contributed by atoms with Crippen LogP contribution >= 0.6 is 0 Å². The van der Waals surface area contributed by atoms with Crippen molar-refractivity contribution < 1.29 is 33.1 Å². The number of carbonyl (C=O) groups is 3. The number of halogens is 1. The number of nitrogens with zero attached hydrogens (tertiary/aromatic N) is 2. The number of imide groups is 1. The van der Waals surface area contributed by atoms with Gasteiger partial charge in [-0.1, -0.05) is 24.3 Å². The lowest BCUT2D eigenvalue weighted by Gasteiger charge is -2.35. The molecular formula is C27H31FN4O4. The molecule has 3 aliphatic heterocycles. The molecule has 3 unspecified atom stereocenters. The zero-order chi connectivity index (χ0) is 31.7. The van der Waals surface area contributed by atoms with Crippen LogP contribution < -0.4 is 10.6 Å². The maximum atomic E-state index is 16.0.